The average Bonchev–Trinajstić information content (AvgIpc) is 2.46. The maximum Gasteiger partial charge on any atom is 0.129 e. The van der Waals surface area contributed by atoms with Gasteiger partial charge in [0.25, 0.3) is 0 Å². The third-order valence-corrected chi connectivity index (χ3v) is 3.77. The number of nitrogens with zero attached hydrogens (tertiary/aromatic N) is 1. The van der Waals surface area contributed by atoms with Crippen LogP contribution in [0.1, 0.15) is 37.8 Å². The van der Waals surface area contributed by atoms with Crippen LogP contribution in [-0.4, -0.2) is 4.98 Å². The molecule has 100 valence electrons. The molecule has 1 heterocycles. The highest BCUT2D eigenvalue weighted by Crippen LogP contribution is 2.27. The molecule has 2 nitrogen and oxygen atoms in total. The molecule has 0 aliphatic rings. The van der Waals surface area contributed by atoms with Gasteiger partial charge in [0, 0.05) is 6.20 Å². The minimum Gasteiger partial charge on any atom is -0.376 e. The molecule has 2 rings (SSSR count). The monoisotopic (exact) mass is 318 g/mol. The zero-order valence-electron chi connectivity index (χ0n) is 11.1. The van der Waals surface area contributed by atoms with Gasteiger partial charge in [-0.3, -0.25) is 0 Å². The molecule has 2 aromatic rings. The van der Waals surface area contributed by atoms with Crippen LogP contribution in [-0.2, 0) is 0 Å². The summed E-state index contributed by atoms with van der Waals surface area (Å²) >= 11 is 3.49. The molecule has 0 saturated heterocycles. The smallest absolute Gasteiger partial charge is 0.129 e. The van der Waals surface area contributed by atoms with Crippen LogP contribution in [0.15, 0.2) is 53.3 Å². The second-order valence-corrected chi connectivity index (χ2v) is 5.34. The molecule has 0 saturated carbocycles. The van der Waals surface area contributed by atoms with E-state index < -0.39 is 0 Å². The Kier molecular flexibility index (Phi) is 5.40. The lowest BCUT2D eigenvalue weighted by Crippen LogP contribution is -2.11. The van der Waals surface area contributed by atoms with E-state index in [0.29, 0.717) is 6.04 Å². The maximum absolute atomic E-state index is 4.26. The first-order valence-electron chi connectivity index (χ1n) is 6.73. The highest BCUT2D eigenvalue weighted by molar-refractivity contribution is 9.10. The molecule has 1 unspecified atom stereocenters. The van der Waals surface area contributed by atoms with Gasteiger partial charge >= 0.3 is 0 Å². The van der Waals surface area contributed by atoms with Crippen LogP contribution in [0.4, 0.5) is 5.69 Å². The molecule has 0 fully saturated rings. The third-order valence-electron chi connectivity index (χ3n) is 3.14. The van der Waals surface area contributed by atoms with Gasteiger partial charge in [-0.1, -0.05) is 50.1 Å². The quantitative estimate of drug-likeness (QED) is 0.741. The van der Waals surface area contributed by atoms with E-state index in [2.05, 4.69) is 69.6 Å². The molecule has 0 aliphatic heterocycles. The Bertz CT molecular complexity index is 499. The highest BCUT2D eigenvalue weighted by atomic mass is 79.9. The number of unbranched alkanes of at least 4 members (excludes halogenated alkanes) is 1. The number of nitrogens with one attached hydrogen (secondary N) is 1. The van der Waals surface area contributed by atoms with Crippen molar-refractivity contribution in [1.29, 1.82) is 0 Å². The number of hydrogen-bond acceptors (Lipinski definition) is 2. The minimum atomic E-state index is 0.335. The van der Waals surface area contributed by atoms with Crippen molar-refractivity contribution in [3.63, 3.8) is 0 Å². The summed E-state index contributed by atoms with van der Waals surface area (Å²) in [5.41, 5.74) is 2.37. The Balaban J connectivity index is 2.17. The number of hydrogen-bond donors (Lipinski definition) is 1. The molecule has 0 spiro atoms. The molecular weight excluding hydrogens is 300 g/mol. The van der Waals surface area contributed by atoms with Crippen molar-refractivity contribution < 1.29 is 0 Å². The van der Waals surface area contributed by atoms with Crippen molar-refractivity contribution in [1.82, 2.24) is 4.98 Å². The zero-order valence-corrected chi connectivity index (χ0v) is 12.7. The molecule has 0 bridgehead atoms. The van der Waals surface area contributed by atoms with E-state index >= 15 is 0 Å². The van der Waals surface area contributed by atoms with Crippen LogP contribution in [0, 0.1) is 0 Å². The molecule has 0 amide bonds. The van der Waals surface area contributed by atoms with Crippen molar-refractivity contribution in [2.75, 3.05) is 5.32 Å². The van der Waals surface area contributed by atoms with E-state index in [0.717, 1.165) is 16.7 Å². The Morgan fingerprint density at radius 3 is 2.63 bits per heavy atom. The van der Waals surface area contributed by atoms with E-state index in [9.17, 15) is 0 Å². The summed E-state index contributed by atoms with van der Waals surface area (Å²) in [7, 11) is 0. The van der Waals surface area contributed by atoms with Crippen molar-refractivity contribution in [3.05, 3.63) is 58.8 Å². The molecule has 3 heteroatoms. The summed E-state index contributed by atoms with van der Waals surface area (Å²) < 4.78 is 0.868. The first-order chi connectivity index (χ1) is 9.31. The topological polar surface area (TPSA) is 24.9 Å². The van der Waals surface area contributed by atoms with E-state index in [1.807, 2.05) is 6.07 Å². The van der Waals surface area contributed by atoms with Crippen LogP contribution >= 0.6 is 15.9 Å². The zero-order chi connectivity index (χ0) is 13.5. The molecule has 0 radical (unpaired) electrons. The van der Waals surface area contributed by atoms with Gasteiger partial charge in [0.1, 0.15) is 4.60 Å². The fraction of sp³-hybridized carbons (Fsp3) is 0.312. The van der Waals surface area contributed by atoms with Gasteiger partial charge in [0.15, 0.2) is 0 Å². The van der Waals surface area contributed by atoms with Crippen LogP contribution in [0.5, 0.6) is 0 Å². The predicted molar refractivity (Wildman–Crippen MR) is 84.3 cm³/mol. The summed E-state index contributed by atoms with van der Waals surface area (Å²) in [6.45, 7) is 2.22. The summed E-state index contributed by atoms with van der Waals surface area (Å²) in [5, 5.41) is 3.59. The Morgan fingerprint density at radius 2 is 1.95 bits per heavy atom. The molecular formula is C16H19BrN2. The molecule has 1 N–H and O–H groups in total. The second kappa shape index (κ2) is 7.29. The Morgan fingerprint density at radius 1 is 1.16 bits per heavy atom. The predicted octanol–water partition coefficient (Wildman–Crippen LogP) is 5.19. The van der Waals surface area contributed by atoms with Gasteiger partial charge in [-0.2, -0.15) is 0 Å². The van der Waals surface area contributed by atoms with Crippen molar-refractivity contribution in [2.45, 2.75) is 32.2 Å². The number of aromatic nitrogens is 1. The fourth-order valence-electron chi connectivity index (χ4n) is 2.10. The maximum atomic E-state index is 4.26. The number of anilines is 1. The standard InChI is InChI=1S/C16H19BrN2/c1-2-3-10-14(13-8-5-4-6-9-13)19-15-11-7-12-18-16(15)17/h4-9,11-12,14,19H,2-3,10H2,1H3. The number of benzene rings is 1. The number of halogens is 1. The largest absolute Gasteiger partial charge is 0.376 e. The van der Waals surface area contributed by atoms with Gasteiger partial charge in [-0.05, 0) is 40.0 Å². The Labute approximate surface area is 123 Å². The minimum absolute atomic E-state index is 0.335. The molecule has 1 atom stereocenters. The summed E-state index contributed by atoms with van der Waals surface area (Å²) in [6, 6.07) is 14.9. The lowest BCUT2D eigenvalue weighted by atomic mass is 10.0. The number of rotatable bonds is 6. The molecule has 19 heavy (non-hydrogen) atoms. The van der Waals surface area contributed by atoms with Crippen LogP contribution < -0.4 is 5.32 Å². The Hall–Kier alpha value is -1.35. The first kappa shape index (κ1) is 14.1. The number of pyridine rings is 1. The first-order valence-corrected chi connectivity index (χ1v) is 7.52. The van der Waals surface area contributed by atoms with Gasteiger partial charge in [-0.25, -0.2) is 4.98 Å². The molecule has 1 aromatic carbocycles. The van der Waals surface area contributed by atoms with Crippen LogP contribution in [0.2, 0.25) is 0 Å². The summed E-state index contributed by atoms with van der Waals surface area (Å²) in [6.07, 6.45) is 5.34. The lowest BCUT2D eigenvalue weighted by Gasteiger charge is -2.20. The van der Waals surface area contributed by atoms with Crippen molar-refractivity contribution in [2.24, 2.45) is 0 Å². The van der Waals surface area contributed by atoms with E-state index in [4.69, 9.17) is 0 Å². The van der Waals surface area contributed by atoms with Gasteiger partial charge in [0.2, 0.25) is 0 Å². The second-order valence-electron chi connectivity index (χ2n) is 4.59. The summed E-state index contributed by atoms with van der Waals surface area (Å²) in [5.74, 6) is 0. The van der Waals surface area contributed by atoms with Crippen LogP contribution in [0.3, 0.4) is 0 Å². The van der Waals surface area contributed by atoms with Crippen molar-refractivity contribution >= 4 is 21.6 Å². The van der Waals surface area contributed by atoms with Crippen molar-refractivity contribution in [3.8, 4) is 0 Å². The average molecular weight is 319 g/mol. The van der Waals surface area contributed by atoms with Gasteiger partial charge in [0.05, 0.1) is 11.7 Å². The van der Waals surface area contributed by atoms with Crippen LogP contribution in [0.25, 0.3) is 0 Å². The molecule has 1 aromatic heterocycles. The van der Waals surface area contributed by atoms with E-state index in [1.54, 1.807) is 6.20 Å². The summed E-state index contributed by atoms with van der Waals surface area (Å²) in [4.78, 5) is 4.26. The van der Waals surface area contributed by atoms with Gasteiger partial charge < -0.3 is 5.32 Å². The molecule has 0 aliphatic carbocycles. The third kappa shape index (κ3) is 4.06. The van der Waals surface area contributed by atoms with E-state index in [-0.39, 0.29) is 0 Å². The van der Waals surface area contributed by atoms with Gasteiger partial charge in [-0.15, -0.1) is 0 Å². The van der Waals surface area contributed by atoms with E-state index in [1.165, 1.54) is 18.4 Å². The SMILES string of the molecule is CCCCC(Nc1cccnc1Br)c1ccccc1. The normalized spacial score (nSPS) is 12.1. The highest BCUT2D eigenvalue weighted by Gasteiger charge is 2.12. The lowest BCUT2D eigenvalue weighted by molar-refractivity contribution is 0.634. The fourth-order valence-corrected chi connectivity index (χ4v) is 2.46.